The van der Waals surface area contributed by atoms with E-state index in [0.29, 0.717) is 6.42 Å². The minimum Gasteiger partial charge on any atom is -0.396 e. The highest BCUT2D eigenvalue weighted by Crippen LogP contribution is 2.07. The van der Waals surface area contributed by atoms with Crippen molar-refractivity contribution in [2.45, 2.75) is 25.8 Å². The molecule has 1 rings (SSSR count). The van der Waals surface area contributed by atoms with Gasteiger partial charge in [0.1, 0.15) is 0 Å². The van der Waals surface area contributed by atoms with Gasteiger partial charge in [-0.1, -0.05) is 6.07 Å². The Morgan fingerprint density at radius 3 is 2.94 bits per heavy atom. The van der Waals surface area contributed by atoms with Crippen LogP contribution < -0.4 is 5.32 Å². The molecule has 0 saturated carbocycles. The van der Waals surface area contributed by atoms with Crippen LogP contribution in [-0.2, 0) is 4.79 Å². The summed E-state index contributed by atoms with van der Waals surface area (Å²) in [6.45, 7) is 3.80. The predicted molar refractivity (Wildman–Crippen MR) is 67.2 cm³/mol. The van der Waals surface area contributed by atoms with Gasteiger partial charge in [0.25, 0.3) is 0 Å². The second kappa shape index (κ2) is 6.15. The number of carbonyl (C=O) groups is 1. The van der Waals surface area contributed by atoms with Crippen molar-refractivity contribution in [2.75, 3.05) is 6.61 Å². The first-order valence-electron chi connectivity index (χ1n) is 5.55. The highest BCUT2D eigenvalue weighted by molar-refractivity contribution is 5.92. The van der Waals surface area contributed by atoms with Crippen molar-refractivity contribution in [3.63, 3.8) is 0 Å². The minimum absolute atomic E-state index is 0.0552. The lowest BCUT2D eigenvalue weighted by Gasteiger charge is -2.24. The van der Waals surface area contributed by atoms with Gasteiger partial charge in [0.2, 0.25) is 5.91 Å². The van der Waals surface area contributed by atoms with Crippen LogP contribution in [0.5, 0.6) is 0 Å². The maximum Gasteiger partial charge on any atom is 0.244 e. The molecule has 0 radical (unpaired) electrons. The summed E-state index contributed by atoms with van der Waals surface area (Å²) in [7, 11) is 0. The van der Waals surface area contributed by atoms with E-state index in [2.05, 4.69) is 10.3 Å². The van der Waals surface area contributed by atoms with E-state index >= 15 is 0 Å². The third-order valence-corrected chi connectivity index (χ3v) is 2.31. The summed E-state index contributed by atoms with van der Waals surface area (Å²) in [6, 6.07) is 3.68. The van der Waals surface area contributed by atoms with Crippen LogP contribution >= 0.6 is 0 Å². The van der Waals surface area contributed by atoms with E-state index in [1.807, 2.05) is 26.0 Å². The molecule has 0 aliphatic carbocycles. The normalized spacial score (nSPS) is 11.7. The van der Waals surface area contributed by atoms with Crippen molar-refractivity contribution in [3.05, 3.63) is 36.2 Å². The van der Waals surface area contributed by atoms with Crippen LogP contribution in [0.2, 0.25) is 0 Å². The molecule has 2 N–H and O–H groups in total. The molecule has 0 aromatic carbocycles. The van der Waals surface area contributed by atoms with E-state index in [4.69, 9.17) is 5.11 Å². The molecule has 1 heterocycles. The van der Waals surface area contributed by atoms with E-state index in [1.54, 1.807) is 18.5 Å². The Morgan fingerprint density at radius 2 is 2.35 bits per heavy atom. The predicted octanol–water partition coefficient (Wildman–Crippen LogP) is 1.37. The topological polar surface area (TPSA) is 62.2 Å². The number of hydrogen-bond donors (Lipinski definition) is 2. The third-order valence-electron chi connectivity index (χ3n) is 2.31. The number of nitrogens with zero attached hydrogens (tertiary/aromatic N) is 1. The van der Waals surface area contributed by atoms with Gasteiger partial charge in [-0.3, -0.25) is 9.78 Å². The van der Waals surface area contributed by atoms with Crippen LogP contribution in [0, 0.1) is 0 Å². The molecule has 0 unspecified atom stereocenters. The highest BCUT2D eigenvalue weighted by atomic mass is 16.3. The summed E-state index contributed by atoms with van der Waals surface area (Å²) in [5, 5.41) is 11.7. The van der Waals surface area contributed by atoms with Gasteiger partial charge in [-0.25, -0.2) is 0 Å². The Kier molecular flexibility index (Phi) is 4.84. The lowest BCUT2D eigenvalue weighted by atomic mass is 10.0. The van der Waals surface area contributed by atoms with E-state index < -0.39 is 5.54 Å². The number of aliphatic hydroxyl groups is 1. The Bertz CT molecular complexity index is 386. The number of aromatic nitrogens is 1. The van der Waals surface area contributed by atoms with Crippen LogP contribution in [-0.4, -0.2) is 28.1 Å². The molecular formula is C13H18N2O2. The van der Waals surface area contributed by atoms with Gasteiger partial charge < -0.3 is 10.4 Å². The maximum atomic E-state index is 11.6. The van der Waals surface area contributed by atoms with Gasteiger partial charge in [-0.2, -0.15) is 0 Å². The van der Waals surface area contributed by atoms with Crippen LogP contribution in [0.3, 0.4) is 0 Å². The van der Waals surface area contributed by atoms with Gasteiger partial charge in [0, 0.05) is 30.6 Å². The lowest BCUT2D eigenvalue weighted by Crippen LogP contribution is -2.43. The fourth-order valence-electron chi connectivity index (χ4n) is 1.36. The fourth-order valence-corrected chi connectivity index (χ4v) is 1.36. The Labute approximate surface area is 101 Å². The molecule has 0 atom stereocenters. The molecule has 0 aliphatic heterocycles. The van der Waals surface area contributed by atoms with Crippen molar-refractivity contribution < 1.29 is 9.90 Å². The van der Waals surface area contributed by atoms with Crippen molar-refractivity contribution in [3.8, 4) is 0 Å². The Balaban J connectivity index is 2.53. The number of nitrogens with one attached hydrogen (secondary N) is 1. The lowest BCUT2D eigenvalue weighted by molar-refractivity contribution is -0.118. The zero-order valence-electron chi connectivity index (χ0n) is 10.2. The van der Waals surface area contributed by atoms with Gasteiger partial charge in [-0.15, -0.1) is 0 Å². The van der Waals surface area contributed by atoms with Crippen molar-refractivity contribution in [1.29, 1.82) is 0 Å². The van der Waals surface area contributed by atoms with E-state index in [0.717, 1.165) is 5.56 Å². The number of rotatable bonds is 5. The summed E-state index contributed by atoms with van der Waals surface area (Å²) < 4.78 is 0. The smallest absolute Gasteiger partial charge is 0.244 e. The zero-order valence-corrected chi connectivity index (χ0v) is 10.2. The second-order valence-corrected chi connectivity index (χ2v) is 4.47. The molecule has 0 saturated heterocycles. The highest BCUT2D eigenvalue weighted by Gasteiger charge is 2.17. The molecule has 17 heavy (non-hydrogen) atoms. The summed E-state index contributed by atoms with van der Waals surface area (Å²) >= 11 is 0. The van der Waals surface area contributed by atoms with Gasteiger partial charge in [0.15, 0.2) is 0 Å². The fraction of sp³-hybridized carbons (Fsp3) is 0.385. The first-order chi connectivity index (χ1) is 8.03. The van der Waals surface area contributed by atoms with Crippen LogP contribution in [0.1, 0.15) is 25.8 Å². The summed E-state index contributed by atoms with van der Waals surface area (Å²) in [4.78, 5) is 15.6. The molecule has 1 amide bonds. The first kappa shape index (κ1) is 13.4. The second-order valence-electron chi connectivity index (χ2n) is 4.47. The Morgan fingerprint density at radius 1 is 1.59 bits per heavy atom. The van der Waals surface area contributed by atoms with E-state index in [-0.39, 0.29) is 12.5 Å². The van der Waals surface area contributed by atoms with Crippen LogP contribution in [0.25, 0.3) is 6.08 Å². The standard InChI is InChI=1S/C13H18N2O2/c1-13(2,7-9-16)15-12(17)6-5-11-4-3-8-14-10-11/h3-6,8,10,16H,7,9H2,1-2H3,(H,15,17)/b6-5+. The molecule has 4 heteroatoms. The van der Waals surface area contributed by atoms with Gasteiger partial charge in [-0.05, 0) is 38.0 Å². The number of pyridine rings is 1. The third kappa shape index (κ3) is 5.26. The largest absolute Gasteiger partial charge is 0.396 e. The minimum atomic E-state index is -0.398. The average Bonchev–Trinajstić information content (AvgIpc) is 2.27. The molecule has 0 aliphatic rings. The Hall–Kier alpha value is -1.68. The molecule has 0 bridgehead atoms. The average molecular weight is 234 g/mol. The van der Waals surface area contributed by atoms with Crippen molar-refractivity contribution in [1.82, 2.24) is 10.3 Å². The molecular weight excluding hydrogens is 216 g/mol. The molecule has 1 aromatic heterocycles. The molecule has 1 aromatic rings. The van der Waals surface area contributed by atoms with Crippen molar-refractivity contribution in [2.24, 2.45) is 0 Å². The maximum absolute atomic E-state index is 11.6. The number of amides is 1. The number of hydrogen-bond acceptors (Lipinski definition) is 3. The monoisotopic (exact) mass is 234 g/mol. The summed E-state index contributed by atoms with van der Waals surface area (Å²) in [5.41, 5.74) is 0.480. The van der Waals surface area contributed by atoms with Crippen molar-refractivity contribution >= 4 is 12.0 Å². The van der Waals surface area contributed by atoms with Crippen LogP contribution in [0.4, 0.5) is 0 Å². The quantitative estimate of drug-likeness (QED) is 0.756. The summed E-state index contributed by atoms with van der Waals surface area (Å²) in [6.07, 6.45) is 7.07. The van der Waals surface area contributed by atoms with Gasteiger partial charge >= 0.3 is 0 Å². The molecule has 0 spiro atoms. The van der Waals surface area contributed by atoms with E-state index in [9.17, 15) is 4.79 Å². The number of carbonyl (C=O) groups excluding carboxylic acids is 1. The zero-order chi connectivity index (χ0) is 12.7. The summed E-state index contributed by atoms with van der Waals surface area (Å²) in [5.74, 6) is -0.174. The molecule has 0 fully saturated rings. The molecule has 92 valence electrons. The van der Waals surface area contributed by atoms with Gasteiger partial charge in [0.05, 0.1) is 0 Å². The molecule has 4 nitrogen and oxygen atoms in total. The first-order valence-corrected chi connectivity index (χ1v) is 5.55. The van der Waals surface area contributed by atoms with Crippen LogP contribution in [0.15, 0.2) is 30.6 Å². The van der Waals surface area contributed by atoms with E-state index in [1.165, 1.54) is 6.08 Å². The SMILES string of the molecule is CC(C)(CCO)NC(=O)/C=C/c1cccnc1. The number of aliphatic hydroxyl groups excluding tert-OH is 1.